The van der Waals surface area contributed by atoms with Crippen molar-refractivity contribution >= 4 is 57.2 Å². The minimum atomic E-state index is -0.152. The van der Waals surface area contributed by atoms with E-state index in [4.69, 9.17) is 0 Å². The molecule has 0 amide bonds. The summed E-state index contributed by atoms with van der Waals surface area (Å²) in [6.07, 6.45) is 1.09. The van der Waals surface area contributed by atoms with Crippen LogP contribution in [0.4, 0.5) is 34.1 Å². The van der Waals surface area contributed by atoms with Gasteiger partial charge in [-0.1, -0.05) is 227 Å². The third kappa shape index (κ3) is 7.95. The molecule has 3 heteroatoms. The Labute approximate surface area is 435 Å². The van der Waals surface area contributed by atoms with Crippen LogP contribution < -0.4 is 26.2 Å². The Kier molecular flexibility index (Phi) is 11.0. The maximum atomic E-state index is 2.69. The molecule has 73 heavy (non-hydrogen) atoms. The Morgan fingerprint density at radius 2 is 0.890 bits per heavy atom. The van der Waals surface area contributed by atoms with E-state index in [9.17, 15) is 0 Å². The van der Waals surface area contributed by atoms with Crippen molar-refractivity contribution in [2.75, 3.05) is 9.80 Å². The van der Waals surface area contributed by atoms with Crippen LogP contribution in [0.3, 0.4) is 0 Å². The summed E-state index contributed by atoms with van der Waals surface area (Å²) in [4.78, 5) is 5.29. The van der Waals surface area contributed by atoms with Crippen molar-refractivity contribution in [2.45, 2.75) is 103 Å². The Bertz CT molecular complexity index is 3500. The Morgan fingerprint density at radius 3 is 1.47 bits per heavy atom. The zero-order chi connectivity index (χ0) is 50.6. The summed E-state index contributed by atoms with van der Waals surface area (Å²) >= 11 is 0. The van der Waals surface area contributed by atoms with Crippen molar-refractivity contribution < 1.29 is 0 Å². The quantitative estimate of drug-likeness (QED) is 0.116. The number of hydrogen-bond acceptors (Lipinski definition) is 2. The van der Waals surface area contributed by atoms with Gasteiger partial charge in [0.05, 0.1) is 5.69 Å². The average molecular weight is 947 g/mol. The first-order valence-electron chi connectivity index (χ1n) is 26.5. The lowest BCUT2D eigenvalue weighted by molar-refractivity contribution is 0.403. The fourth-order valence-electron chi connectivity index (χ4n) is 13.0. The van der Waals surface area contributed by atoms with Gasteiger partial charge >= 0.3 is 0 Å². The second kappa shape index (κ2) is 17.1. The minimum Gasteiger partial charge on any atom is -0.311 e. The molecule has 0 N–H and O–H groups in total. The number of fused-ring (bicyclic) bond motifs is 5. The van der Waals surface area contributed by atoms with Crippen LogP contribution in [0.5, 0.6) is 0 Å². The van der Waals surface area contributed by atoms with Gasteiger partial charge in [-0.2, -0.15) is 0 Å². The summed E-state index contributed by atoms with van der Waals surface area (Å²) < 4.78 is 0. The molecule has 2 nitrogen and oxygen atoms in total. The van der Waals surface area contributed by atoms with Gasteiger partial charge in [0.2, 0.25) is 0 Å². The summed E-state index contributed by atoms with van der Waals surface area (Å²) in [5, 5.41) is 0. The molecule has 0 saturated carbocycles. The van der Waals surface area contributed by atoms with Crippen molar-refractivity contribution in [1.29, 1.82) is 0 Å². The van der Waals surface area contributed by atoms with Gasteiger partial charge in [-0.3, -0.25) is 0 Å². The molecule has 2 heterocycles. The van der Waals surface area contributed by atoms with Crippen LogP contribution >= 0.6 is 0 Å². The predicted octanol–water partition coefficient (Wildman–Crippen LogP) is 16.8. The van der Waals surface area contributed by atoms with E-state index >= 15 is 0 Å². The van der Waals surface area contributed by atoms with E-state index in [0.717, 1.165) is 12.1 Å². The van der Waals surface area contributed by atoms with E-state index in [-0.39, 0.29) is 34.3 Å². The van der Waals surface area contributed by atoms with Crippen molar-refractivity contribution in [2.24, 2.45) is 0 Å². The van der Waals surface area contributed by atoms with E-state index in [2.05, 4.69) is 285 Å². The van der Waals surface area contributed by atoms with Gasteiger partial charge in [0, 0.05) is 39.9 Å². The van der Waals surface area contributed by atoms with E-state index in [1.807, 2.05) is 0 Å². The highest BCUT2D eigenvalue weighted by Gasteiger charge is 2.49. The number of nitrogens with zero attached hydrogens (tertiary/aromatic N) is 2. The zero-order valence-electron chi connectivity index (χ0n) is 44.4. The molecule has 1 aliphatic carbocycles. The van der Waals surface area contributed by atoms with Crippen LogP contribution in [0.25, 0.3) is 22.3 Å². The maximum absolute atomic E-state index is 2.69. The van der Waals surface area contributed by atoms with Gasteiger partial charge in [0.1, 0.15) is 0 Å². The molecule has 0 spiro atoms. The summed E-state index contributed by atoms with van der Waals surface area (Å²) in [7, 11) is 0. The minimum absolute atomic E-state index is 0.000950. The van der Waals surface area contributed by atoms with Gasteiger partial charge < -0.3 is 9.80 Å². The number of hydrogen-bond donors (Lipinski definition) is 0. The van der Waals surface area contributed by atoms with Crippen LogP contribution in [0.1, 0.15) is 121 Å². The largest absolute Gasteiger partial charge is 0.311 e. The van der Waals surface area contributed by atoms with Gasteiger partial charge in [0.25, 0.3) is 6.71 Å². The van der Waals surface area contributed by atoms with Gasteiger partial charge in [-0.15, -0.1) is 0 Å². The topological polar surface area (TPSA) is 6.48 Å². The Balaban J connectivity index is 1.21. The molecule has 0 atom stereocenters. The summed E-state index contributed by atoms with van der Waals surface area (Å²) in [5.74, 6) is 0.0458. The highest BCUT2D eigenvalue weighted by atomic mass is 15.2. The smallest absolute Gasteiger partial charge is 0.252 e. The number of benzene rings is 9. The van der Waals surface area contributed by atoms with Gasteiger partial charge in [0.15, 0.2) is 0 Å². The van der Waals surface area contributed by atoms with Crippen LogP contribution in [-0.4, -0.2) is 6.71 Å². The van der Waals surface area contributed by atoms with Crippen LogP contribution in [0.15, 0.2) is 206 Å². The molecule has 0 fully saturated rings. The lowest BCUT2D eigenvalue weighted by atomic mass is 9.33. The van der Waals surface area contributed by atoms with E-state index in [0.29, 0.717) is 0 Å². The first kappa shape index (κ1) is 46.7. The summed E-state index contributed by atoms with van der Waals surface area (Å²) in [5.41, 5.74) is 25.5. The standard InChI is InChI=1S/C70H67BN2/c1-67(2,3)52-34-38-60(55(40-52)48-25-17-12-18-26-48)73-62-44-57-56(69(7,8)45-70(57,9)10)43-59(62)71-58-39-51(65(49-27-19-13-20-28-49)50-29-21-14-22-30-50)33-37-61(58)72(63-41-53(68(4,5)6)42-64(73)66(63)71)54-35-31-47(32-36-54)46-23-15-11-16-24-46/h11-44,65H,45H2,1-10H3. The lowest BCUT2D eigenvalue weighted by Crippen LogP contribution is -2.61. The highest BCUT2D eigenvalue weighted by molar-refractivity contribution is 7.00. The molecule has 12 rings (SSSR count). The second-order valence-corrected chi connectivity index (χ2v) is 24.5. The molecule has 0 saturated heterocycles. The summed E-state index contributed by atoms with van der Waals surface area (Å²) in [6.45, 7) is 24.0. The third-order valence-corrected chi connectivity index (χ3v) is 16.5. The predicted molar refractivity (Wildman–Crippen MR) is 313 cm³/mol. The van der Waals surface area contributed by atoms with Crippen LogP contribution in [0, 0.1) is 0 Å². The molecule has 9 aromatic carbocycles. The molecule has 0 unspecified atom stereocenters. The normalized spacial score (nSPS) is 15.2. The Morgan fingerprint density at radius 1 is 0.397 bits per heavy atom. The molecule has 9 aromatic rings. The molecule has 3 aliphatic rings. The van der Waals surface area contributed by atoms with E-state index in [1.54, 1.807) is 0 Å². The van der Waals surface area contributed by atoms with Crippen molar-refractivity contribution in [3.8, 4) is 22.3 Å². The zero-order valence-corrected chi connectivity index (χ0v) is 44.4. The first-order chi connectivity index (χ1) is 35.0. The molecular weight excluding hydrogens is 880 g/mol. The highest BCUT2D eigenvalue weighted by Crippen LogP contribution is 2.54. The molecule has 360 valence electrons. The second-order valence-electron chi connectivity index (χ2n) is 24.5. The third-order valence-electron chi connectivity index (χ3n) is 16.5. The van der Waals surface area contributed by atoms with Gasteiger partial charge in [-0.05, 0) is 149 Å². The van der Waals surface area contributed by atoms with Gasteiger partial charge in [-0.25, -0.2) is 0 Å². The van der Waals surface area contributed by atoms with Crippen molar-refractivity contribution in [3.63, 3.8) is 0 Å². The number of rotatable bonds is 7. The molecular formula is C70H67BN2. The lowest BCUT2D eigenvalue weighted by Gasteiger charge is -2.46. The molecule has 0 radical (unpaired) electrons. The van der Waals surface area contributed by atoms with Crippen molar-refractivity contribution in [3.05, 3.63) is 245 Å². The van der Waals surface area contributed by atoms with Crippen molar-refractivity contribution in [1.82, 2.24) is 0 Å². The Hall–Kier alpha value is -7.36. The monoisotopic (exact) mass is 947 g/mol. The van der Waals surface area contributed by atoms with Crippen LogP contribution in [-0.2, 0) is 21.7 Å². The van der Waals surface area contributed by atoms with E-state index in [1.165, 1.54) is 106 Å². The average Bonchev–Trinajstić information content (AvgIpc) is 3.58. The molecule has 0 aromatic heterocycles. The first-order valence-corrected chi connectivity index (χ1v) is 26.5. The molecule has 2 aliphatic heterocycles. The van der Waals surface area contributed by atoms with Crippen LogP contribution in [0.2, 0.25) is 0 Å². The SMILES string of the molecule is CC(C)(C)c1ccc(N2c3cc4c(cc3B3c5cc(C(c6ccccc6)c6ccccc6)ccc5N(c5ccc(-c6ccccc6)cc5)c5cc(C(C)(C)C)cc2c53)C(C)(C)CC4(C)C)c(-c2ccccc2)c1. The number of anilines is 6. The fourth-order valence-corrected chi connectivity index (χ4v) is 13.0. The maximum Gasteiger partial charge on any atom is 0.252 e. The summed E-state index contributed by atoms with van der Waals surface area (Å²) in [6, 6.07) is 78.6. The fraction of sp³-hybridized carbons (Fsp3) is 0.229. The van der Waals surface area contributed by atoms with E-state index < -0.39 is 0 Å². The molecule has 0 bridgehead atoms.